The molecular formula is C13H13B2NO5S. The molecule has 0 amide bonds. The van der Waals surface area contributed by atoms with Crippen LogP contribution in [0.4, 0.5) is 5.69 Å². The summed E-state index contributed by atoms with van der Waals surface area (Å²) in [6.07, 6.45) is 1.48. The Balaban J connectivity index is 2.44. The normalized spacial score (nSPS) is 19.0. The van der Waals surface area contributed by atoms with E-state index in [9.17, 15) is 24.3 Å². The molecule has 1 aliphatic rings. The van der Waals surface area contributed by atoms with Crippen LogP contribution in [0, 0.1) is 0 Å². The molecule has 0 spiro atoms. The highest BCUT2D eigenvalue weighted by molar-refractivity contribution is 7.93. The first-order chi connectivity index (χ1) is 10.3. The number of hydrogen-bond acceptors (Lipinski definition) is 6. The Morgan fingerprint density at radius 2 is 1.68 bits per heavy atom. The second-order valence-corrected chi connectivity index (χ2v) is 7.37. The third-order valence-electron chi connectivity index (χ3n) is 3.59. The van der Waals surface area contributed by atoms with Gasteiger partial charge in [0.2, 0.25) is 0 Å². The van der Waals surface area contributed by atoms with Crippen molar-refractivity contribution >= 4 is 40.6 Å². The van der Waals surface area contributed by atoms with Gasteiger partial charge in [0.05, 0.1) is 20.3 Å². The number of rotatable bonds is 2. The summed E-state index contributed by atoms with van der Waals surface area (Å²) in [7, 11) is -6.34. The summed E-state index contributed by atoms with van der Waals surface area (Å²) in [5, 5.41) is 37.9. The molecule has 6 nitrogen and oxygen atoms in total. The molecule has 1 aliphatic heterocycles. The predicted molar refractivity (Wildman–Crippen MR) is 85.9 cm³/mol. The van der Waals surface area contributed by atoms with Crippen molar-refractivity contribution in [3.8, 4) is 11.1 Å². The lowest BCUT2D eigenvalue weighted by atomic mass is 9.70. The molecule has 2 aromatic rings. The number of hydrogen-bond donors (Lipinski definition) is 4. The van der Waals surface area contributed by atoms with E-state index in [1.807, 2.05) is 0 Å². The van der Waals surface area contributed by atoms with E-state index in [0.29, 0.717) is 16.0 Å². The van der Waals surface area contributed by atoms with Crippen molar-refractivity contribution in [2.24, 2.45) is 4.36 Å². The molecule has 2 aromatic carbocycles. The average molecular weight is 317 g/mol. The quantitative estimate of drug-likeness (QED) is 0.521. The van der Waals surface area contributed by atoms with Crippen molar-refractivity contribution in [1.29, 1.82) is 0 Å². The molecule has 112 valence electrons. The van der Waals surface area contributed by atoms with Crippen molar-refractivity contribution in [1.82, 2.24) is 0 Å². The van der Waals surface area contributed by atoms with Crippen LogP contribution in [-0.4, -0.2) is 44.8 Å². The first kappa shape index (κ1) is 15.3. The summed E-state index contributed by atoms with van der Waals surface area (Å²) in [5.74, 6) is 0. The van der Waals surface area contributed by atoms with Gasteiger partial charge in [0.15, 0.2) is 0 Å². The first-order valence-electron chi connectivity index (χ1n) is 6.53. The fourth-order valence-corrected chi connectivity index (χ4v) is 4.14. The third kappa shape index (κ3) is 2.37. The lowest BCUT2D eigenvalue weighted by molar-refractivity contribution is 0.425. The van der Waals surface area contributed by atoms with E-state index in [2.05, 4.69) is 4.36 Å². The topological polar surface area (TPSA) is 110 Å². The monoisotopic (exact) mass is 317 g/mol. The molecule has 0 bridgehead atoms. The Labute approximate surface area is 128 Å². The van der Waals surface area contributed by atoms with Gasteiger partial charge in [-0.2, -0.15) is 4.36 Å². The zero-order valence-electron chi connectivity index (χ0n) is 11.7. The maximum Gasteiger partial charge on any atom is 0.490 e. The van der Waals surface area contributed by atoms with Gasteiger partial charge in [-0.15, -0.1) is 0 Å². The van der Waals surface area contributed by atoms with Crippen LogP contribution in [0.1, 0.15) is 0 Å². The molecule has 3 rings (SSSR count). The van der Waals surface area contributed by atoms with Gasteiger partial charge in [-0.25, -0.2) is 4.21 Å². The van der Waals surface area contributed by atoms with Crippen molar-refractivity contribution in [3.63, 3.8) is 0 Å². The Morgan fingerprint density at radius 1 is 1.00 bits per heavy atom. The van der Waals surface area contributed by atoms with E-state index in [1.165, 1.54) is 18.4 Å². The van der Waals surface area contributed by atoms with Crippen LogP contribution in [0.15, 0.2) is 45.7 Å². The summed E-state index contributed by atoms with van der Waals surface area (Å²) >= 11 is 0. The molecule has 1 unspecified atom stereocenters. The van der Waals surface area contributed by atoms with E-state index in [4.69, 9.17) is 0 Å². The molecule has 0 aromatic heterocycles. The summed E-state index contributed by atoms with van der Waals surface area (Å²) in [4.78, 5) is 0.533. The lowest BCUT2D eigenvalue weighted by Gasteiger charge is -2.22. The fraction of sp³-hybridized carbons (Fsp3) is 0.0769. The van der Waals surface area contributed by atoms with Crippen molar-refractivity contribution in [2.75, 3.05) is 6.26 Å². The van der Waals surface area contributed by atoms with E-state index in [-0.39, 0.29) is 16.6 Å². The van der Waals surface area contributed by atoms with Crippen molar-refractivity contribution in [3.05, 3.63) is 36.4 Å². The summed E-state index contributed by atoms with van der Waals surface area (Å²) in [6, 6.07) is 9.69. The zero-order valence-corrected chi connectivity index (χ0v) is 12.5. The highest BCUT2D eigenvalue weighted by atomic mass is 32.2. The van der Waals surface area contributed by atoms with Gasteiger partial charge in [0.25, 0.3) is 0 Å². The van der Waals surface area contributed by atoms with Crippen LogP contribution < -0.4 is 10.9 Å². The van der Waals surface area contributed by atoms with Gasteiger partial charge >= 0.3 is 14.2 Å². The minimum Gasteiger partial charge on any atom is -0.423 e. The smallest absolute Gasteiger partial charge is 0.423 e. The largest absolute Gasteiger partial charge is 0.490 e. The van der Waals surface area contributed by atoms with Gasteiger partial charge < -0.3 is 20.1 Å². The zero-order chi connectivity index (χ0) is 16.1. The summed E-state index contributed by atoms with van der Waals surface area (Å²) in [5.41, 5.74) is 1.42. The Morgan fingerprint density at radius 3 is 2.32 bits per heavy atom. The lowest BCUT2D eigenvalue weighted by Crippen LogP contribution is -2.39. The average Bonchev–Trinajstić information content (AvgIpc) is 2.46. The van der Waals surface area contributed by atoms with Crippen LogP contribution in [0.2, 0.25) is 0 Å². The maximum absolute atomic E-state index is 12.8. The van der Waals surface area contributed by atoms with E-state index in [0.717, 1.165) is 0 Å². The second kappa shape index (κ2) is 5.22. The van der Waals surface area contributed by atoms with Gasteiger partial charge in [-0.1, -0.05) is 30.3 Å². The van der Waals surface area contributed by atoms with Crippen LogP contribution in [0.25, 0.3) is 11.1 Å². The summed E-state index contributed by atoms with van der Waals surface area (Å²) < 4.78 is 16.9. The molecule has 1 atom stereocenters. The predicted octanol–water partition coefficient (Wildman–Crippen LogP) is -1.19. The van der Waals surface area contributed by atoms with Gasteiger partial charge in [-0.05, 0) is 11.5 Å². The van der Waals surface area contributed by atoms with Crippen LogP contribution in [-0.2, 0) is 9.73 Å². The van der Waals surface area contributed by atoms with Gasteiger partial charge in [0, 0.05) is 22.8 Å². The minimum atomic E-state index is -2.72. The molecule has 22 heavy (non-hydrogen) atoms. The minimum absolute atomic E-state index is 0.00956. The van der Waals surface area contributed by atoms with E-state index in [1.54, 1.807) is 24.3 Å². The standard InChI is InChI=1S/C13H13B2NO5S/c1-22(21)12-5-3-2-4-9(12)10-6-8(14(17)18)7-11(15(19)20)13(10)16-22/h2-7,17-20H,1H3. The third-order valence-corrected chi connectivity index (χ3v) is 5.29. The van der Waals surface area contributed by atoms with Crippen LogP contribution in [0.3, 0.4) is 0 Å². The van der Waals surface area contributed by atoms with Crippen molar-refractivity contribution < 1.29 is 24.3 Å². The highest BCUT2D eigenvalue weighted by Crippen LogP contribution is 2.39. The highest BCUT2D eigenvalue weighted by Gasteiger charge is 2.29. The molecule has 0 aliphatic carbocycles. The molecule has 0 fully saturated rings. The first-order valence-corrected chi connectivity index (χ1v) is 8.45. The molecular weight excluding hydrogens is 304 g/mol. The van der Waals surface area contributed by atoms with Crippen molar-refractivity contribution in [2.45, 2.75) is 4.90 Å². The SMILES string of the molecule is CS1(=O)=Nc2c(B(O)O)cc(B(O)O)cc2-c2ccccc21. The second-order valence-electron chi connectivity index (χ2n) is 5.14. The molecule has 4 N–H and O–H groups in total. The maximum atomic E-state index is 12.8. The Kier molecular flexibility index (Phi) is 3.62. The van der Waals surface area contributed by atoms with Crippen LogP contribution >= 0.6 is 0 Å². The molecule has 9 heteroatoms. The Hall–Kier alpha value is -1.64. The Bertz CT molecular complexity index is 875. The van der Waals surface area contributed by atoms with E-state index < -0.39 is 24.0 Å². The van der Waals surface area contributed by atoms with Crippen LogP contribution in [0.5, 0.6) is 0 Å². The fourth-order valence-electron chi connectivity index (χ4n) is 2.58. The number of nitrogens with zero attached hydrogens (tertiary/aromatic N) is 1. The molecule has 0 saturated carbocycles. The number of fused-ring (bicyclic) bond motifs is 3. The molecule has 1 heterocycles. The molecule has 0 radical (unpaired) electrons. The molecule has 0 saturated heterocycles. The summed E-state index contributed by atoms with van der Waals surface area (Å²) in [6.45, 7) is 0. The van der Waals surface area contributed by atoms with E-state index >= 15 is 0 Å². The number of benzene rings is 2. The van der Waals surface area contributed by atoms with Gasteiger partial charge in [-0.3, -0.25) is 0 Å². The van der Waals surface area contributed by atoms with Gasteiger partial charge in [0.1, 0.15) is 0 Å².